The molecule has 1 saturated heterocycles. The van der Waals surface area contributed by atoms with Gasteiger partial charge in [-0.05, 0) is 12.1 Å². The molecule has 2 N–H and O–H groups in total. The predicted octanol–water partition coefficient (Wildman–Crippen LogP) is -0.0659. The summed E-state index contributed by atoms with van der Waals surface area (Å²) in [7, 11) is -3.53. The van der Waals surface area contributed by atoms with Gasteiger partial charge in [-0.15, -0.1) is 11.3 Å². The second-order valence-corrected chi connectivity index (χ2v) is 6.96. The fourth-order valence-corrected chi connectivity index (χ4v) is 3.84. The van der Waals surface area contributed by atoms with Crippen LogP contribution in [0.5, 0.6) is 0 Å². The molecule has 0 saturated carbocycles. The number of sulfonamides is 1. The van der Waals surface area contributed by atoms with Gasteiger partial charge in [0.2, 0.25) is 10.0 Å². The molecule has 102 valence electrons. The molecular weight excluding hydrogens is 278 g/mol. The highest BCUT2D eigenvalue weighted by molar-refractivity contribution is 7.91. The van der Waals surface area contributed by atoms with Gasteiger partial charge in [0, 0.05) is 11.4 Å². The Balaban J connectivity index is 1.94. The van der Waals surface area contributed by atoms with E-state index < -0.39 is 10.0 Å². The minimum atomic E-state index is -3.53. The Bertz CT molecular complexity index is 478. The van der Waals surface area contributed by atoms with Gasteiger partial charge in [-0.3, -0.25) is 0 Å². The molecule has 1 aromatic rings. The predicted molar refractivity (Wildman–Crippen MR) is 66.0 cm³/mol. The van der Waals surface area contributed by atoms with Crippen LogP contribution in [0.3, 0.4) is 0 Å². The van der Waals surface area contributed by atoms with Crippen LogP contribution < -0.4 is 4.72 Å². The molecule has 6 nitrogen and oxygen atoms in total. The van der Waals surface area contributed by atoms with Crippen molar-refractivity contribution in [2.75, 3.05) is 26.4 Å². The number of thiophene rings is 1. The molecule has 2 heterocycles. The Labute approximate surface area is 110 Å². The SMILES string of the molecule is O=S(=O)(NCC1COCCO1)c1ccc(CO)s1. The van der Waals surface area contributed by atoms with Crippen LogP contribution in [-0.2, 0) is 26.1 Å². The first-order chi connectivity index (χ1) is 8.62. The van der Waals surface area contributed by atoms with E-state index in [1.165, 1.54) is 6.07 Å². The van der Waals surface area contributed by atoms with Gasteiger partial charge in [-0.1, -0.05) is 0 Å². The summed E-state index contributed by atoms with van der Waals surface area (Å²) in [5, 5.41) is 8.91. The molecule has 0 aliphatic carbocycles. The van der Waals surface area contributed by atoms with Crippen molar-refractivity contribution in [3.63, 3.8) is 0 Å². The second kappa shape index (κ2) is 6.09. The van der Waals surface area contributed by atoms with Crippen molar-refractivity contribution < 1.29 is 23.0 Å². The molecule has 1 aliphatic heterocycles. The van der Waals surface area contributed by atoms with Gasteiger partial charge in [-0.2, -0.15) is 0 Å². The smallest absolute Gasteiger partial charge is 0.250 e. The summed E-state index contributed by atoms with van der Waals surface area (Å²) in [5.41, 5.74) is 0. The summed E-state index contributed by atoms with van der Waals surface area (Å²) >= 11 is 1.05. The molecule has 0 aromatic carbocycles. The van der Waals surface area contributed by atoms with Crippen LogP contribution >= 0.6 is 11.3 Å². The number of ether oxygens (including phenoxy) is 2. The summed E-state index contributed by atoms with van der Waals surface area (Å²) in [4.78, 5) is 0.618. The van der Waals surface area contributed by atoms with Crippen LogP contribution in [-0.4, -0.2) is 46.0 Å². The molecular formula is C10H15NO5S2. The Kier molecular flexibility index (Phi) is 4.71. The third-order valence-corrected chi connectivity index (χ3v) is 5.43. The first kappa shape index (κ1) is 13.9. The molecule has 1 aromatic heterocycles. The van der Waals surface area contributed by atoms with Crippen molar-refractivity contribution in [3.05, 3.63) is 17.0 Å². The molecule has 8 heteroatoms. The van der Waals surface area contributed by atoms with E-state index in [0.717, 1.165) is 11.3 Å². The van der Waals surface area contributed by atoms with E-state index in [1.807, 2.05) is 0 Å². The zero-order valence-corrected chi connectivity index (χ0v) is 11.3. The largest absolute Gasteiger partial charge is 0.391 e. The molecule has 1 aliphatic rings. The van der Waals surface area contributed by atoms with Crippen molar-refractivity contribution in [1.82, 2.24) is 4.72 Å². The summed E-state index contributed by atoms with van der Waals surface area (Å²) < 4.78 is 37.1. The summed E-state index contributed by atoms with van der Waals surface area (Å²) in [6.45, 7) is 1.47. The molecule has 1 fully saturated rings. The molecule has 0 radical (unpaired) electrons. The van der Waals surface area contributed by atoms with E-state index in [-0.39, 0.29) is 23.5 Å². The molecule has 0 amide bonds. The van der Waals surface area contributed by atoms with Crippen LogP contribution in [0.25, 0.3) is 0 Å². The lowest BCUT2D eigenvalue weighted by molar-refractivity contribution is -0.0846. The Morgan fingerprint density at radius 1 is 1.44 bits per heavy atom. The average Bonchev–Trinajstić information content (AvgIpc) is 2.87. The number of rotatable bonds is 5. The van der Waals surface area contributed by atoms with Crippen molar-refractivity contribution in [3.8, 4) is 0 Å². The van der Waals surface area contributed by atoms with Crippen LogP contribution in [0, 0.1) is 0 Å². The number of nitrogens with one attached hydrogen (secondary N) is 1. The minimum absolute atomic E-state index is 0.153. The van der Waals surface area contributed by atoms with Crippen molar-refractivity contribution >= 4 is 21.4 Å². The van der Waals surface area contributed by atoms with Crippen LogP contribution in [0.15, 0.2) is 16.3 Å². The van der Waals surface area contributed by atoms with Gasteiger partial charge in [0.05, 0.1) is 32.5 Å². The van der Waals surface area contributed by atoms with E-state index in [0.29, 0.717) is 24.7 Å². The second-order valence-electron chi connectivity index (χ2n) is 3.80. The lowest BCUT2D eigenvalue weighted by Crippen LogP contribution is -2.39. The fraction of sp³-hybridized carbons (Fsp3) is 0.600. The number of hydrogen-bond donors (Lipinski definition) is 2. The summed E-state index contributed by atoms with van der Waals surface area (Å²) in [6.07, 6.45) is -0.245. The molecule has 0 bridgehead atoms. The topological polar surface area (TPSA) is 84.9 Å². The molecule has 18 heavy (non-hydrogen) atoms. The van der Waals surface area contributed by atoms with Crippen LogP contribution in [0.1, 0.15) is 4.88 Å². The van der Waals surface area contributed by atoms with Gasteiger partial charge in [-0.25, -0.2) is 13.1 Å². The zero-order valence-electron chi connectivity index (χ0n) is 9.66. The van der Waals surface area contributed by atoms with Gasteiger partial charge >= 0.3 is 0 Å². The van der Waals surface area contributed by atoms with E-state index in [4.69, 9.17) is 14.6 Å². The Morgan fingerprint density at radius 2 is 2.28 bits per heavy atom. The first-order valence-corrected chi connectivity index (χ1v) is 7.80. The lowest BCUT2D eigenvalue weighted by atomic mass is 10.3. The molecule has 1 atom stereocenters. The lowest BCUT2D eigenvalue weighted by Gasteiger charge is -2.22. The maximum atomic E-state index is 11.9. The number of aliphatic hydroxyl groups is 1. The first-order valence-electron chi connectivity index (χ1n) is 5.50. The Morgan fingerprint density at radius 3 is 2.89 bits per heavy atom. The van der Waals surface area contributed by atoms with E-state index >= 15 is 0 Å². The van der Waals surface area contributed by atoms with Gasteiger partial charge < -0.3 is 14.6 Å². The van der Waals surface area contributed by atoms with E-state index in [2.05, 4.69) is 4.72 Å². The van der Waals surface area contributed by atoms with E-state index in [1.54, 1.807) is 6.07 Å². The zero-order chi connectivity index (χ0) is 13.0. The minimum Gasteiger partial charge on any atom is -0.391 e. The van der Waals surface area contributed by atoms with Crippen molar-refractivity contribution in [2.45, 2.75) is 16.9 Å². The molecule has 1 unspecified atom stereocenters. The monoisotopic (exact) mass is 293 g/mol. The van der Waals surface area contributed by atoms with E-state index in [9.17, 15) is 8.42 Å². The third kappa shape index (κ3) is 3.50. The Hall–Kier alpha value is -0.510. The highest BCUT2D eigenvalue weighted by atomic mass is 32.2. The quantitative estimate of drug-likeness (QED) is 0.794. The summed E-state index contributed by atoms with van der Waals surface area (Å²) in [6, 6.07) is 3.08. The van der Waals surface area contributed by atoms with Crippen molar-refractivity contribution in [1.29, 1.82) is 0 Å². The maximum absolute atomic E-state index is 11.9. The van der Waals surface area contributed by atoms with Gasteiger partial charge in [0.1, 0.15) is 4.21 Å². The number of aliphatic hydroxyl groups excluding tert-OH is 1. The van der Waals surface area contributed by atoms with Crippen LogP contribution in [0.4, 0.5) is 0 Å². The fourth-order valence-electron chi connectivity index (χ4n) is 1.52. The van der Waals surface area contributed by atoms with Gasteiger partial charge in [0.25, 0.3) is 0 Å². The van der Waals surface area contributed by atoms with Crippen LogP contribution in [0.2, 0.25) is 0 Å². The normalized spacial score (nSPS) is 21.1. The summed E-state index contributed by atoms with van der Waals surface area (Å²) in [5.74, 6) is 0. The standard InChI is InChI=1S/C10H15NO5S2/c12-6-9-1-2-10(17-9)18(13,14)11-5-8-7-15-3-4-16-8/h1-2,8,11-12H,3-7H2. The number of hydrogen-bond acceptors (Lipinski definition) is 6. The maximum Gasteiger partial charge on any atom is 0.250 e. The van der Waals surface area contributed by atoms with Gasteiger partial charge in [0.15, 0.2) is 0 Å². The molecule has 0 spiro atoms. The third-order valence-electron chi connectivity index (χ3n) is 2.44. The highest BCUT2D eigenvalue weighted by Crippen LogP contribution is 2.21. The molecule has 2 rings (SSSR count). The van der Waals surface area contributed by atoms with Crippen molar-refractivity contribution in [2.24, 2.45) is 0 Å². The average molecular weight is 293 g/mol. The highest BCUT2D eigenvalue weighted by Gasteiger charge is 2.20.